The fourth-order valence-corrected chi connectivity index (χ4v) is 5.61. The second-order valence-corrected chi connectivity index (χ2v) is 11.1. The maximum absolute atomic E-state index is 12.8. The lowest BCUT2D eigenvalue weighted by Crippen LogP contribution is -2.29. The van der Waals surface area contributed by atoms with Crippen molar-refractivity contribution in [3.63, 3.8) is 0 Å². The van der Waals surface area contributed by atoms with Gasteiger partial charge in [-0.15, -0.1) is 0 Å². The number of aromatic nitrogens is 2. The number of anilines is 2. The number of nitro groups is 1. The Morgan fingerprint density at radius 3 is 2.57 bits per heavy atom. The van der Waals surface area contributed by atoms with E-state index in [9.17, 15) is 24.5 Å². The van der Waals surface area contributed by atoms with Crippen LogP contribution in [0.1, 0.15) is 54.1 Å². The smallest absolute Gasteiger partial charge is 0.300 e. The highest BCUT2D eigenvalue weighted by atomic mass is 32.2. The summed E-state index contributed by atoms with van der Waals surface area (Å²) in [5.41, 5.74) is 3.62. The van der Waals surface area contributed by atoms with Crippen molar-refractivity contribution in [3.05, 3.63) is 92.4 Å². The topological polar surface area (TPSA) is 161 Å². The minimum Gasteiger partial charge on any atom is -0.354 e. The number of unbranched alkanes of at least 4 members (excludes halogenated alkanes) is 3. The van der Waals surface area contributed by atoms with E-state index in [-0.39, 0.29) is 33.8 Å². The van der Waals surface area contributed by atoms with Crippen molar-refractivity contribution in [3.8, 4) is 0 Å². The zero-order valence-corrected chi connectivity index (χ0v) is 24.8. The number of thioether (sulfide) groups is 1. The Morgan fingerprint density at radius 2 is 1.80 bits per heavy atom. The molecule has 3 aromatic carbocycles. The molecule has 4 aromatic rings. The number of fused-ring (bicyclic) bond motifs is 1. The van der Waals surface area contributed by atoms with E-state index in [1.807, 2.05) is 24.3 Å². The van der Waals surface area contributed by atoms with Gasteiger partial charge in [0.05, 0.1) is 15.5 Å². The van der Waals surface area contributed by atoms with E-state index in [1.54, 1.807) is 30.3 Å². The second-order valence-electron chi connectivity index (χ2n) is 10.2. The Labute approximate surface area is 257 Å². The number of carbonyl (C=O) groups is 3. The van der Waals surface area contributed by atoms with Crippen LogP contribution in [0, 0.1) is 10.1 Å². The molecule has 1 fully saturated rings. The van der Waals surface area contributed by atoms with Gasteiger partial charge < -0.3 is 10.6 Å². The van der Waals surface area contributed by atoms with Crippen molar-refractivity contribution in [2.24, 2.45) is 0 Å². The lowest BCUT2D eigenvalue weighted by atomic mass is 10.1. The Kier molecular flexibility index (Phi) is 9.65. The van der Waals surface area contributed by atoms with E-state index in [4.69, 9.17) is 4.63 Å². The number of nitrogens with one attached hydrogen (secondary N) is 2. The third kappa shape index (κ3) is 7.11. The Bertz CT molecular complexity index is 1740. The molecule has 44 heavy (non-hydrogen) atoms. The first-order chi connectivity index (χ1) is 21.3. The summed E-state index contributed by atoms with van der Waals surface area (Å²) >= 11 is 0.975. The van der Waals surface area contributed by atoms with Crippen molar-refractivity contribution in [2.45, 2.75) is 39.0 Å². The minimum atomic E-state index is -0.558. The number of carbonyl (C=O) groups excluding carboxylic acids is 3. The molecule has 226 valence electrons. The van der Waals surface area contributed by atoms with Crippen molar-refractivity contribution in [1.82, 2.24) is 20.5 Å². The lowest BCUT2D eigenvalue weighted by molar-refractivity contribution is -0.383. The number of amides is 3. The van der Waals surface area contributed by atoms with Crippen molar-refractivity contribution >= 4 is 63.0 Å². The monoisotopic (exact) mass is 614 g/mol. The average molecular weight is 615 g/mol. The van der Waals surface area contributed by atoms with Crippen molar-refractivity contribution < 1.29 is 23.9 Å². The molecule has 0 saturated carbocycles. The molecule has 1 aliphatic rings. The van der Waals surface area contributed by atoms with E-state index < -0.39 is 4.92 Å². The minimum absolute atomic E-state index is 0.0291. The fraction of sp³-hybridized carbons (Fsp3) is 0.258. The van der Waals surface area contributed by atoms with Crippen LogP contribution >= 0.6 is 11.8 Å². The summed E-state index contributed by atoms with van der Waals surface area (Å²) in [5, 5.41) is 24.4. The maximum atomic E-state index is 12.8. The first kappa shape index (κ1) is 30.4. The molecule has 3 amide bonds. The van der Waals surface area contributed by atoms with E-state index in [0.29, 0.717) is 41.4 Å². The average Bonchev–Trinajstić information content (AvgIpc) is 3.62. The summed E-state index contributed by atoms with van der Waals surface area (Å²) in [6.07, 6.45) is 5.79. The molecule has 1 saturated heterocycles. The van der Waals surface area contributed by atoms with Crippen LogP contribution < -0.4 is 10.6 Å². The summed E-state index contributed by atoms with van der Waals surface area (Å²) in [5.74, 6) is -0.487. The highest BCUT2D eigenvalue weighted by molar-refractivity contribution is 8.18. The molecule has 1 aliphatic heterocycles. The Balaban J connectivity index is 1.04. The molecule has 0 bridgehead atoms. The van der Waals surface area contributed by atoms with Gasteiger partial charge in [0.25, 0.3) is 17.1 Å². The van der Waals surface area contributed by atoms with E-state index in [2.05, 4.69) is 27.9 Å². The van der Waals surface area contributed by atoms with Gasteiger partial charge in [0.1, 0.15) is 0 Å². The molecular formula is C31H30N6O6S. The maximum Gasteiger partial charge on any atom is 0.300 e. The molecule has 0 radical (unpaired) electrons. The van der Waals surface area contributed by atoms with Crippen LogP contribution in [-0.4, -0.2) is 50.3 Å². The first-order valence-corrected chi connectivity index (χ1v) is 15.0. The molecule has 5 rings (SSSR count). The quantitative estimate of drug-likeness (QED) is 0.0740. The summed E-state index contributed by atoms with van der Waals surface area (Å²) in [6, 6.07) is 17.6. The molecule has 1 aromatic heterocycles. The molecule has 0 unspecified atom stereocenters. The Morgan fingerprint density at radius 1 is 1.02 bits per heavy atom. The van der Waals surface area contributed by atoms with Crippen LogP contribution in [0.15, 0.2) is 70.2 Å². The molecule has 13 heteroatoms. The number of imide groups is 1. The number of aryl methyl sites for hydroxylation is 1. The first-order valence-electron chi connectivity index (χ1n) is 14.2. The Hall–Kier alpha value is -5.04. The van der Waals surface area contributed by atoms with Gasteiger partial charge in [0.15, 0.2) is 5.52 Å². The van der Waals surface area contributed by atoms with Gasteiger partial charge in [0.2, 0.25) is 5.52 Å². The molecule has 0 atom stereocenters. The largest absolute Gasteiger partial charge is 0.354 e. The second kappa shape index (κ2) is 14.0. The highest BCUT2D eigenvalue weighted by Crippen LogP contribution is 2.33. The lowest BCUT2D eigenvalue weighted by Gasteiger charge is -2.12. The predicted octanol–water partition coefficient (Wildman–Crippen LogP) is 6.46. The number of nitrogens with zero attached hydrogens (tertiary/aromatic N) is 4. The molecular weight excluding hydrogens is 584 g/mol. The van der Waals surface area contributed by atoms with Crippen LogP contribution in [0.25, 0.3) is 17.1 Å². The molecule has 2 heterocycles. The SMILES string of the molecule is CCc1ccc(/C=C2\SC(=O)N(CCCCCCNC(=O)c3cccc(Nc4ccc([N+](=O)[O-])c5nonc45)c3)C2=O)cc1. The zero-order chi connectivity index (χ0) is 31.1. The molecule has 2 N–H and O–H groups in total. The van der Waals surface area contributed by atoms with Crippen molar-refractivity contribution in [1.29, 1.82) is 0 Å². The van der Waals surface area contributed by atoms with Gasteiger partial charge in [-0.1, -0.05) is 50.1 Å². The standard InChI is InChI=1S/C31H30N6O6S/c1-2-20-10-12-21(13-11-20)18-26-30(39)36(31(40)44-26)17-6-4-3-5-16-32-29(38)22-8-7-9-23(19-22)33-24-14-15-25(37(41)42)28-27(24)34-43-35-28/h7-15,18-19,33H,2-6,16-17H2,1H3,(H,32,38)/b26-18-. The van der Waals surface area contributed by atoms with Crippen LogP contribution in [-0.2, 0) is 11.2 Å². The summed E-state index contributed by atoms with van der Waals surface area (Å²) in [4.78, 5) is 50.3. The van der Waals surface area contributed by atoms with Gasteiger partial charge in [-0.25, -0.2) is 4.63 Å². The number of hydrogen-bond acceptors (Lipinski definition) is 10. The summed E-state index contributed by atoms with van der Waals surface area (Å²) < 4.78 is 4.70. The highest BCUT2D eigenvalue weighted by Gasteiger charge is 2.34. The third-order valence-corrected chi connectivity index (χ3v) is 8.06. The summed E-state index contributed by atoms with van der Waals surface area (Å²) in [6.45, 7) is 2.93. The predicted molar refractivity (Wildman–Crippen MR) is 167 cm³/mol. The molecule has 12 nitrogen and oxygen atoms in total. The van der Waals surface area contributed by atoms with Crippen molar-refractivity contribution in [2.75, 3.05) is 18.4 Å². The molecule has 0 spiro atoms. The van der Waals surface area contributed by atoms with E-state index in [1.165, 1.54) is 22.6 Å². The fourth-order valence-electron chi connectivity index (χ4n) is 4.74. The molecule has 0 aliphatic carbocycles. The normalized spacial score (nSPS) is 14.0. The number of benzene rings is 3. The van der Waals surface area contributed by atoms with Gasteiger partial charge in [-0.05, 0) is 82.8 Å². The van der Waals surface area contributed by atoms with Gasteiger partial charge in [-0.3, -0.25) is 29.4 Å². The zero-order valence-electron chi connectivity index (χ0n) is 23.9. The number of rotatable bonds is 13. The number of nitro benzene ring substituents is 1. The van der Waals surface area contributed by atoms with E-state index in [0.717, 1.165) is 43.0 Å². The van der Waals surface area contributed by atoms with Crippen LogP contribution in [0.5, 0.6) is 0 Å². The van der Waals surface area contributed by atoms with Gasteiger partial charge in [-0.2, -0.15) is 0 Å². The van der Waals surface area contributed by atoms with E-state index >= 15 is 0 Å². The number of hydrogen-bond donors (Lipinski definition) is 2. The van der Waals surface area contributed by atoms with Crippen LogP contribution in [0.4, 0.5) is 21.9 Å². The van der Waals surface area contributed by atoms with Gasteiger partial charge in [0, 0.05) is 30.4 Å². The summed E-state index contributed by atoms with van der Waals surface area (Å²) in [7, 11) is 0. The third-order valence-electron chi connectivity index (χ3n) is 7.15. The van der Waals surface area contributed by atoms with Crippen LogP contribution in [0.3, 0.4) is 0 Å². The number of non-ortho nitro benzene ring substituents is 1. The van der Waals surface area contributed by atoms with Crippen LogP contribution in [0.2, 0.25) is 0 Å². The van der Waals surface area contributed by atoms with Gasteiger partial charge >= 0.3 is 5.69 Å².